The smallest absolute Gasteiger partial charge is 0.411 e. The number of nitrogens with zero attached hydrogens (tertiary/aromatic N) is 1. The van der Waals surface area contributed by atoms with Crippen LogP contribution in [0.5, 0.6) is 5.75 Å². The zero-order chi connectivity index (χ0) is 17.5. The Morgan fingerprint density at radius 1 is 1.25 bits per heavy atom. The first kappa shape index (κ1) is 16.9. The largest absolute Gasteiger partial charge is 0.496 e. The highest BCUT2D eigenvalue weighted by Gasteiger charge is 2.41. The van der Waals surface area contributed by atoms with Gasteiger partial charge in [0.2, 0.25) is 0 Å². The summed E-state index contributed by atoms with van der Waals surface area (Å²) in [5, 5.41) is 0. The molecule has 0 saturated carbocycles. The molecule has 0 radical (unpaired) electrons. The maximum absolute atomic E-state index is 12.5. The van der Waals surface area contributed by atoms with E-state index in [0.29, 0.717) is 0 Å². The quantitative estimate of drug-likeness (QED) is 0.798. The van der Waals surface area contributed by atoms with Crippen LogP contribution in [0.25, 0.3) is 5.57 Å². The number of aryl methyl sites for hydroxylation is 1. The van der Waals surface area contributed by atoms with E-state index >= 15 is 0 Å². The number of hydrogen-bond donors (Lipinski definition) is 0. The summed E-state index contributed by atoms with van der Waals surface area (Å²) in [6.45, 7) is 7.83. The highest BCUT2D eigenvalue weighted by atomic mass is 16.6. The van der Waals surface area contributed by atoms with Crippen LogP contribution in [-0.4, -0.2) is 35.8 Å². The Balaban J connectivity index is 1.88. The topological polar surface area (TPSA) is 38.8 Å². The van der Waals surface area contributed by atoms with Crippen LogP contribution in [0.3, 0.4) is 0 Å². The van der Waals surface area contributed by atoms with E-state index in [9.17, 15) is 4.79 Å². The molecule has 0 N–H and O–H groups in total. The number of hydrogen-bond acceptors (Lipinski definition) is 3. The van der Waals surface area contributed by atoms with E-state index < -0.39 is 5.60 Å². The van der Waals surface area contributed by atoms with Crippen LogP contribution in [0, 0.1) is 6.92 Å². The third-order valence-corrected chi connectivity index (χ3v) is 4.70. The van der Waals surface area contributed by atoms with E-state index in [1.54, 1.807) is 7.11 Å². The lowest BCUT2D eigenvalue weighted by Gasteiger charge is -2.35. The van der Waals surface area contributed by atoms with Crippen LogP contribution in [0.1, 0.15) is 51.2 Å². The maximum atomic E-state index is 12.5. The van der Waals surface area contributed by atoms with Gasteiger partial charge in [-0.2, -0.15) is 0 Å². The number of rotatable bonds is 2. The fourth-order valence-corrected chi connectivity index (χ4v) is 3.70. The van der Waals surface area contributed by atoms with Crippen molar-refractivity contribution in [3.05, 3.63) is 35.4 Å². The van der Waals surface area contributed by atoms with Gasteiger partial charge in [-0.25, -0.2) is 4.79 Å². The molecule has 0 spiro atoms. The zero-order valence-electron chi connectivity index (χ0n) is 15.3. The van der Waals surface area contributed by atoms with Crippen molar-refractivity contribution >= 4 is 11.7 Å². The van der Waals surface area contributed by atoms with Crippen LogP contribution in [0.15, 0.2) is 24.3 Å². The van der Waals surface area contributed by atoms with Crippen LogP contribution < -0.4 is 4.74 Å². The fraction of sp³-hybridized carbons (Fsp3) is 0.550. The molecule has 0 aromatic heterocycles. The molecule has 0 aliphatic carbocycles. The molecular weight excluding hydrogens is 302 g/mol. The van der Waals surface area contributed by atoms with E-state index in [0.717, 1.165) is 30.6 Å². The third-order valence-electron chi connectivity index (χ3n) is 4.70. The summed E-state index contributed by atoms with van der Waals surface area (Å²) in [6, 6.07) is 6.60. The Kier molecular flexibility index (Phi) is 4.33. The number of fused-ring (bicyclic) bond motifs is 2. The molecule has 1 amide bonds. The first-order valence-electron chi connectivity index (χ1n) is 8.65. The number of amides is 1. The molecule has 2 heterocycles. The van der Waals surface area contributed by atoms with Gasteiger partial charge >= 0.3 is 6.09 Å². The van der Waals surface area contributed by atoms with Crippen molar-refractivity contribution in [3.63, 3.8) is 0 Å². The summed E-state index contributed by atoms with van der Waals surface area (Å²) in [5.41, 5.74) is 3.19. The Labute approximate surface area is 144 Å². The molecule has 2 unspecified atom stereocenters. The Bertz CT molecular complexity index is 672. The second-order valence-electron chi connectivity index (χ2n) is 7.79. The molecule has 24 heavy (non-hydrogen) atoms. The predicted molar refractivity (Wildman–Crippen MR) is 95.2 cm³/mol. The van der Waals surface area contributed by atoms with Crippen molar-refractivity contribution in [1.29, 1.82) is 0 Å². The Hall–Kier alpha value is -1.97. The number of carbonyl (C=O) groups excluding carboxylic acids is 1. The van der Waals surface area contributed by atoms with Crippen LogP contribution in [0.4, 0.5) is 4.79 Å². The highest BCUT2D eigenvalue weighted by Crippen LogP contribution is 2.41. The van der Waals surface area contributed by atoms with E-state index in [1.807, 2.05) is 31.7 Å². The van der Waals surface area contributed by atoms with Crippen molar-refractivity contribution in [3.8, 4) is 5.75 Å². The van der Waals surface area contributed by atoms with Crippen molar-refractivity contribution in [2.75, 3.05) is 7.11 Å². The van der Waals surface area contributed by atoms with E-state index in [4.69, 9.17) is 9.47 Å². The van der Waals surface area contributed by atoms with Gasteiger partial charge in [0.15, 0.2) is 0 Å². The average Bonchev–Trinajstić information content (AvgIpc) is 2.76. The predicted octanol–water partition coefficient (Wildman–Crippen LogP) is 4.56. The average molecular weight is 329 g/mol. The molecule has 2 atom stereocenters. The molecule has 2 bridgehead atoms. The van der Waals surface area contributed by atoms with Gasteiger partial charge < -0.3 is 9.47 Å². The van der Waals surface area contributed by atoms with Crippen molar-refractivity contribution < 1.29 is 14.3 Å². The SMILES string of the molecule is COc1ccc(C)cc1C1=CC2CCC(C1)N2C(=O)OC(C)(C)C. The molecule has 1 aromatic carbocycles. The van der Waals surface area contributed by atoms with Crippen LogP contribution in [0.2, 0.25) is 0 Å². The highest BCUT2D eigenvalue weighted by molar-refractivity contribution is 5.77. The van der Waals surface area contributed by atoms with Crippen LogP contribution >= 0.6 is 0 Å². The van der Waals surface area contributed by atoms with Gasteiger partial charge in [0.1, 0.15) is 11.4 Å². The monoisotopic (exact) mass is 329 g/mol. The standard InChI is InChI=1S/C20H27NO3/c1-13-6-9-18(23-5)17(10-13)14-11-15-7-8-16(12-14)21(15)19(22)24-20(2,3)4/h6,9-11,15-16H,7-8,12H2,1-5H3. The number of ether oxygens (including phenoxy) is 2. The summed E-state index contributed by atoms with van der Waals surface area (Å²) in [5.74, 6) is 0.900. The van der Waals surface area contributed by atoms with E-state index in [2.05, 4.69) is 25.1 Å². The van der Waals surface area contributed by atoms with Gasteiger partial charge in [0.25, 0.3) is 0 Å². The summed E-state index contributed by atoms with van der Waals surface area (Å²) in [6.07, 6.45) is 4.92. The second kappa shape index (κ2) is 6.15. The molecule has 130 valence electrons. The maximum Gasteiger partial charge on any atom is 0.411 e. The molecular formula is C20H27NO3. The third kappa shape index (κ3) is 3.28. The summed E-state index contributed by atoms with van der Waals surface area (Å²) in [4.78, 5) is 14.5. The van der Waals surface area contributed by atoms with Crippen molar-refractivity contribution in [1.82, 2.24) is 4.90 Å². The molecule has 1 fully saturated rings. The van der Waals surface area contributed by atoms with E-state index in [1.165, 1.54) is 11.1 Å². The molecule has 2 aliphatic rings. The normalized spacial score (nSPS) is 23.0. The van der Waals surface area contributed by atoms with Crippen LogP contribution in [-0.2, 0) is 4.74 Å². The van der Waals surface area contributed by atoms with Gasteiger partial charge in [-0.05, 0) is 64.7 Å². The Morgan fingerprint density at radius 3 is 2.62 bits per heavy atom. The molecule has 3 rings (SSSR count). The second-order valence-corrected chi connectivity index (χ2v) is 7.79. The molecule has 1 saturated heterocycles. The summed E-state index contributed by atoms with van der Waals surface area (Å²) >= 11 is 0. The van der Waals surface area contributed by atoms with Gasteiger partial charge in [0.05, 0.1) is 13.2 Å². The first-order chi connectivity index (χ1) is 11.3. The number of benzene rings is 1. The minimum absolute atomic E-state index is 0.124. The number of carbonyl (C=O) groups is 1. The van der Waals surface area contributed by atoms with Gasteiger partial charge in [0, 0.05) is 11.6 Å². The lowest BCUT2D eigenvalue weighted by Crippen LogP contribution is -2.45. The minimum Gasteiger partial charge on any atom is -0.496 e. The lowest BCUT2D eigenvalue weighted by atomic mass is 9.93. The molecule has 2 aliphatic heterocycles. The fourth-order valence-electron chi connectivity index (χ4n) is 3.70. The molecule has 4 nitrogen and oxygen atoms in total. The van der Waals surface area contributed by atoms with Gasteiger partial charge in [-0.3, -0.25) is 4.90 Å². The van der Waals surface area contributed by atoms with Crippen molar-refractivity contribution in [2.24, 2.45) is 0 Å². The zero-order valence-corrected chi connectivity index (χ0v) is 15.3. The Morgan fingerprint density at radius 2 is 2.00 bits per heavy atom. The van der Waals surface area contributed by atoms with E-state index in [-0.39, 0.29) is 18.2 Å². The summed E-state index contributed by atoms with van der Waals surface area (Å²) < 4.78 is 11.1. The molecule has 4 heteroatoms. The lowest BCUT2D eigenvalue weighted by molar-refractivity contribution is 0.0175. The van der Waals surface area contributed by atoms with Gasteiger partial charge in [-0.1, -0.05) is 17.7 Å². The minimum atomic E-state index is -0.458. The summed E-state index contributed by atoms with van der Waals surface area (Å²) in [7, 11) is 1.71. The van der Waals surface area contributed by atoms with Gasteiger partial charge in [-0.15, -0.1) is 0 Å². The molecule has 1 aromatic rings. The first-order valence-corrected chi connectivity index (χ1v) is 8.65. The van der Waals surface area contributed by atoms with Crippen molar-refractivity contribution in [2.45, 2.75) is 64.6 Å². The number of methoxy groups -OCH3 is 1.